The van der Waals surface area contributed by atoms with Crippen LogP contribution in [-0.4, -0.2) is 17.0 Å². The van der Waals surface area contributed by atoms with Gasteiger partial charge in [-0.3, -0.25) is 0 Å². The number of rotatable bonds is 3. The van der Waals surface area contributed by atoms with E-state index in [1.165, 1.54) is 10.4 Å². The van der Waals surface area contributed by atoms with E-state index in [2.05, 4.69) is 33.7 Å². The van der Waals surface area contributed by atoms with Crippen LogP contribution in [0.25, 0.3) is 0 Å². The molecule has 15 heavy (non-hydrogen) atoms. The van der Waals surface area contributed by atoms with Crippen LogP contribution in [0.2, 0.25) is 0 Å². The highest BCUT2D eigenvalue weighted by molar-refractivity contribution is 7.10. The number of hydrogen-bond acceptors (Lipinski definition) is 4. The third-order valence-corrected chi connectivity index (χ3v) is 3.44. The van der Waals surface area contributed by atoms with Gasteiger partial charge in [0.25, 0.3) is 0 Å². The van der Waals surface area contributed by atoms with Crippen molar-refractivity contribution < 1.29 is 0 Å². The van der Waals surface area contributed by atoms with Gasteiger partial charge < -0.3 is 5.32 Å². The highest BCUT2D eigenvalue weighted by atomic mass is 32.1. The van der Waals surface area contributed by atoms with Gasteiger partial charge in [-0.05, 0) is 37.0 Å². The topological polar surface area (TPSA) is 37.8 Å². The number of aromatic nitrogens is 2. The number of thiophene rings is 1. The Bertz CT molecular complexity index is 424. The predicted octanol–water partition coefficient (Wildman–Crippen LogP) is 2.16. The van der Waals surface area contributed by atoms with Crippen molar-refractivity contribution in [3.63, 3.8) is 0 Å². The summed E-state index contributed by atoms with van der Waals surface area (Å²) in [6, 6.07) is 4.25. The zero-order chi connectivity index (χ0) is 10.7. The van der Waals surface area contributed by atoms with Crippen LogP contribution in [0.15, 0.2) is 30.0 Å². The van der Waals surface area contributed by atoms with E-state index in [-0.39, 0.29) is 6.04 Å². The molecule has 0 spiro atoms. The third kappa shape index (κ3) is 2.06. The van der Waals surface area contributed by atoms with Gasteiger partial charge in [0.2, 0.25) is 0 Å². The van der Waals surface area contributed by atoms with E-state index in [4.69, 9.17) is 0 Å². The van der Waals surface area contributed by atoms with E-state index in [1.54, 1.807) is 23.9 Å². The van der Waals surface area contributed by atoms with Crippen molar-refractivity contribution in [2.24, 2.45) is 0 Å². The largest absolute Gasteiger partial charge is 0.307 e. The van der Waals surface area contributed by atoms with Gasteiger partial charge in [0.15, 0.2) is 0 Å². The molecule has 0 fully saturated rings. The Morgan fingerprint density at radius 1 is 1.40 bits per heavy atom. The summed E-state index contributed by atoms with van der Waals surface area (Å²) < 4.78 is 0. The van der Waals surface area contributed by atoms with Gasteiger partial charge in [-0.1, -0.05) is 0 Å². The Labute approximate surface area is 93.2 Å². The van der Waals surface area contributed by atoms with Gasteiger partial charge >= 0.3 is 0 Å². The average molecular weight is 219 g/mol. The molecule has 2 heterocycles. The lowest BCUT2D eigenvalue weighted by atomic mass is 10.1. The molecule has 0 aromatic carbocycles. The Morgan fingerprint density at radius 3 is 2.80 bits per heavy atom. The van der Waals surface area contributed by atoms with Gasteiger partial charge in [0.05, 0.1) is 11.7 Å². The van der Waals surface area contributed by atoms with Crippen LogP contribution in [0.4, 0.5) is 0 Å². The summed E-state index contributed by atoms with van der Waals surface area (Å²) in [4.78, 5) is 9.53. The first-order valence-corrected chi connectivity index (χ1v) is 5.68. The van der Waals surface area contributed by atoms with Crippen molar-refractivity contribution in [3.05, 3.63) is 46.2 Å². The van der Waals surface area contributed by atoms with Crippen molar-refractivity contribution in [1.29, 1.82) is 0 Å². The van der Waals surface area contributed by atoms with Crippen molar-refractivity contribution >= 4 is 11.3 Å². The standard InChI is InChI=1S/C11H13N3S/c1-8-4-6-15-11(8)10(12-2)9-3-5-13-7-14-9/h3-7,10,12H,1-2H3. The van der Waals surface area contributed by atoms with Gasteiger partial charge in [0.1, 0.15) is 6.33 Å². The summed E-state index contributed by atoms with van der Waals surface area (Å²) in [5, 5.41) is 5.39. The van der Waals surface area contributed by atoms with Gasteiger partial charge in [-0.2, -0.15) is 0 Å². The van der Waals surface area contributed by atoms with Crippen molar-refractivity contribution in [3.8, 4) is 0 Å². The van der Waals surface area contributed by atoms with Crippen LogP contribution in [0, 0.1) is 6.92 Å². The fraction of sp³-hybridized carbons (Fsp3) is 0.273. The van der Waals surface area contributed by atoms with E-state index < -0.39 is 0 Å². The first kappa shape index (κ1) is 10.3. The molecule has 0 saturated carbocycles. The third-order valence-electron chi connectivity index (χ3n) is 2.35. The normalized spacial score (nSPS) is 12.7. The zero-order valence-corrected chi connectivity index (χ0v) is 9.58. The monoisotopic (exact) mass is 219 g/mol. The van der Waals surface area contributed by atoms with Crippen molar-refractivity contribution in [2.45, 2.75) is 13.0 Å². The Morgan fingerprint density at radius 2 is 2.27 bits per heavy atom. The second-order valence-electron chi connectivity index (χ2n) is 3.32. The Balaban J connectivity index is 2.37. The smallest absolute Gasteiger partial charge is 0.115 e. The summed E-state index contributed by atoms with van der Waals surface area (Å²) in [5.41, 5.74) is 2.32. The van der Waals surface area contributed by atoms with Gasteiger partial charge in [-0.15, -0.1) is 11.3 Å². The summed E-state index contributed by atoms with van der Waals surface area (Å²) in [6.07, 6.45) is 3.36. The molecule has 1 unspecified atom stereocenters. The number of hydrogen-bond donors (Lipinski definition) is 1. The summed E-state index contributed by atoms with van der Waals surface area (Å²) in [5.74, 6) is 0. The van der Waals surface area contributed by atoms with E-state index in [0.29, 0.717) is 0 Å². The lowest BCUT2D eigenvalue weighted by molar-refractivity contribution is 0.676. The maximum Gasteiger partial charge on any atom is 0.115 e. The average Bonchev–Trinajstić information content (AvgIpc) is 2.68. The highest BCUT2D eigenvalue weighted by Crippen LogP contribution is 2.27. The molecular weight excluding hydrogens is 206 g/mol. The van der Waals surface area contributed by atoms with Crippen molar-refractivity contribution in [1.82, 2.24) is 15.3 Å². The first-order valence-electron chi connectivity index (χ1n) is 4.80. The molecule has 2 rings (SSSR count). The number of nitrogens with one attached hydrogen (secondary N) is 1. The van der Waals surface area contributed by atoms with E-state index in [9.17, 15) is 0 Å². The van der Waals surface area contributed by atoms with Crippen LogP contribution in [0.1, 0.15) is 22.2 Å². The quantitative estimate of drug-likeness (QED) is 0.859. The molecule has 2 aromatic heterocycles. The van der Waals surface area contributed by atoms with E-state index in [1.807, 2.05) is 13.1 Å². The Kier molecular flexibility index (Phi) is 3.08. The summed E-state index contributed by atoms with van der Waals surface area (Å²) in [6.45, 7) is 2.12. The molecule has 3 nitrogen and oxygen atoms in total. The molecular formula is C11H13N3S. The minimum atomic E-state index is 0.174. The fourth-order valence-electron chi connectivity index (χ4n) is 1.57. The lowest BCUT2D eigenvalue weighted by Crippen LogP contribution is -2.18. The second-order valence-corrected chi connectivity index (χ2v) is 4.27. The van der Waals surface area contributed by atoms with Crippen molar-refractivity contribution in [2.75, 3.05) is 7.05 Å². The minimum Gasteiger partial charge on any atom is -0.307 e. The lowest BCUT2D eigenvalue weighted by Gasteiger charge is -2.14. The molecule has 1 atom stereocenters. The van der Waals surface area contributed by atoms with Crippen LogP contribution in [0.3, 0.4) is 0 Å². The fourth-order valence-corrected chi connectivity index (χ4v) is 2.61. The summed E-state index contributed by atoms with van der Waals surface area (Å²) in [7, 11) is 1.95. The van der Waals surface area contributed by atoms with E-state index in [0.717, 1.165) is 5.69 Å². The molecule has 4 heteroatoms. The van der Waals surface area contributed by atoms with Crippen LogP contribution in [-0.2, 0) is 0 Å². The molecule has 0 bridgehead atoms. The molecule has 78 valence electrons. The predicted molar refractivity (Wildman–Crippen MR) is 62.0 cm³/mol. The maximum absolute atomic E-state index is 4.28. The SMILES string of the molecule is CNC(c1ccncn1)c1sccc1C. The number of aryl methyl sites for hydroxylation is 1. The molecule has 0 amide bonds. The first-order chi connectivity index (χ1) is 7.33. The molecule has 1 N–H and O–H groups in total. The number of nitrogens with zero attached hydrogens (tertiary/aromatic N) is 2. The van der Waals surface area contributed by atoms with Crippen LogP contribution in [0.5, 0.6) is 0 Å². The Hall–Kier alpha value is -1.26. The summed E-state index contributed by atoms with van der Waals surface area (Å²) >= 11 is 1.75. The molecule has 0 aliphatic rings. The van der Waals surface area contributed by atoms with E-state index >= 15 is 0 Å². The van der Waals surface area contributed by atoms with Crippen LogP contribution < -0.4 is 5.32 Å². The highest BCUT2D eigenvalue weighted by Gasteiger charge is 2.16. The van der Waals surface area contributed by atoms with Crippen LogP contribution >= 0.6 is 11.3 Å². The molecule has 0 radical (unpaired) electrons. The van der Waals surface area contributed by atoms with Gasteiger partial charge in [-0.25, -0.2) is 9.97 Å². The second kappa shape index (κ2) is 4.51. The molecule has 0 aliphatic carbocycles. The molecule has 2 aromatic rings. The molecule has 0 aliphatic heterocycles. The minimum absolute atomic E-state index is 0.174. The molecule has 0 saturated heterocycles. The zero-order valence-electron chi connectivity index (χ0n) is 8.77. The van der Waals surface area contributed by atoms with Gasteiger partial charge in [0, 0.05) is 11.1 Å². The maximum atomic E-state index is 4.28.